The van der Waals surface area contributed by atoms with E-state index >= 15 is 0 Å². The summed E-state index contributed by atoms with van der Waals surface area (Å²) in [5.41, 5.74) is 1.85. The lowest BCUT2D eigenvalue weighted by Gasteiger charge is -2.31. The minimum Gasteiger partial charge on any atom is -0.299 e. The van der Waals surface area contributed by atoms with Gasteiger partial charge in [0.1, 0.15) is 6.29 Å². The lowest BCUT2D eigenvalue weighted by molar-refractivity contribution is -0.104. The van der Waals surface area contributed by atoms with E-state index < -0.39 is 0 Å². The maximum absolute atomic E-state index is 10.1. The Morgan fingerprint density at radius 2 is 2.29 bits per heavy atom. The van der Waals surface area contributed by atoms with Crippen LogP contribution in [0, 0.1) is 11.3 Å². The Labute approximate surface area is 86.9 Å². The van der Waals surface area contributed by atoms with Crippen molar-refractivity contribution in [1.82, 2.24) is 0 Å². The Balaban J connectivity index is 2.58. The van der Waals surface area contributed by atoms with E-state index in [1.165, 1.54) is 18.4 Å². The van der Waals surface area contributed by atoms with Crippen LogP contribution in [0.25, 0.3) is 0 Å². The third-order valence-electron chi connectivity index (χ3n) is 3.03. The van der Waals surface area contributed by atoms with Crippen LogP contribution in [0.15, 0.2) is 23.8 Å². The molecule has 1 rings (SSSR count). The van der Waals surface area contributed by atoms with Crippen molar-refractivity contribution < 1.29 is 4.79 Å². The predicted molar refractivity (Wildman–Crippen MR) is 60.1 cm³/mol. The summed E-state index contributed by atoms with van der Waals surface area (Å²) in [6.45, 7) is 6.78. The topological polar surface area (TPSA) is 17.1 Å². The van der Waals surface area contributed by atoms with E-state index in [0.29, 0.717) is 11.3 Å². The first-order chi connectivity index (χ1) is 6.55. The summed E-state index contributed by atoms with van der Waals surface area (Å²) in [5.74, 6) is 0.652. The number of carbonyl (C=O) groups is 1. The zero-order chi connectivity index (χ0) is 10.6. The summed E-state index contributed by atoms with van der Waals surface area (Å²) in [7, 11) is 0. The summed E-state index contributed by atoms with van der Waals surface area (Å²) < 4.78 is 0. The van der Waals surface area contributed by atoms with Crippen LogP contribution in [0.5, 0.6) is 0 Å². The average Bonchev–Trinajstić information content (AvgIpc) is 2.08. The van der Waals surface area contributed by atoms with Gasteiger partial charge in [0.15, 0.2) is 0 Å². The van der Waals surface area contributed by atoms with Gasteiger partial charge in [-0.25, -0.2) is 0 Å². The second-order valence-corrected chi connectivity index (χ2v) is 4.91. The fraction of sp³-hybridized carbons (Fsp3) is 0.615. The van der Waals surface area contributed by atoms with Crippen molar-refractivity contribution in [3.8, 4) is 0 Å². The molecule has 0 saturated heterocycles. The van der Waals surface area contributed by atoms with Gasteiger partial charge in [-0.15, -0.1) is 0 Å². The molecule has 0 saturated carbocycles. The first kappa shape index (κ1) is 11.2. The molecule has 1 nitrogen and oxygen atoms in total. The summed E-state index contributed by atoms with van der Waals surface area (Å²) in [6.07, 6.45) is 10.3. The Kier molecular flexibility index (Phi) is 3.68. The number of hydrogen-bond acceptors (Lipinski definition) is 1. The van der Waals surface area contributed by atoms with Crippen molar-refractivity contribution in [2.75, 3.05) is 0 Å². The highest BCUT2D eigenvalue weighted by Gasteiger charge is 2.24. The molecule has 1 atom stereocenters. The fourth-order valence-corrected chi connectivity index (χ4v) is 2.18. The van der Waals surface area contributed by atoms with Crippen LogP contribution < -0.4 is 0 Å². The van der Waals surface area contributed by atoms with Crippen molar-refractivity contribution in [3.05, 3.63) is 23.8 Å². The van der Waals surface area contributed by atoms with Crippen LogP contribution in [0.2, 0.25) is 0 Å². The summed E-state index contributed by atoms with van der Waals surface area (Å²) in [5, 5.41) is 0. The quantitative estimate of drug-likeness (QED) is 0.380. The third kappa shape index (κ3) is 3.13. The van der Waals surface area contributed by atoms with E-state index in [9.17, 15) is 4.79 Å². The number of carbonyl (C=O) groups excluding carboxylic acids is 1. The number of rotatable bonds is 3. The normalized spacial score (nSPS) is 26.2. The van der Waals surface area contributed by atoms with Crippen molar-refractivity contribution in [1.29, 1.82) is 0 Å². The van der Waals surface area contributed by atoms with Gasteiger partial charge in [0.2, 0.25) is 0 Å². The van der Waals surface area contributed by atoms with Gasteiger partial charge >= 0.3 is 0 Å². The Morgan fingerprint density at radius 3 is 2.86 bits per heavy atom. The highest BCUT2D eigenvalue weighted by Crippen LogP contribution is 2.37. The molecular formula is C13H20O. The number of hydrogen-bond donors (Lipinski definition) is 0. The molecule has 14 heavy (non-hydrogen) atoms. The number of allylic oxidation sites excluding steroid dienone is 4. The zero-order valence-electron chi connectivity index (χ0n) is 9.42. The minimum absolute atomic E-state index is 0.370. The monoisotopic (exact) mass is 192 g/mol. The van der Waals surface area contributed by atoms with E-state index in [2.05, 4.69) is 26.8 Å². The van der Waals surface area contributed by atoms with Crippen LogP contribution in [-0.4, -0.2) is 6.29 Å². The van der Waals surface area contributed by atoms with Crippen LogP contribution in [0.4, 0.5) is 0 Å². The molecule has 0 heterocycles. The highest BCUT2D eigenvalue weighted by atomic mass is 16.1. The molecule has 0 bridgehead atoms. The first-order valence-corrected chi connectivity index (χ1v) is 5.35. The molecule has 0 amide bonds. The van der Waals surface area contributed by atoms with Crippen LogP contribution >= 0.6 is 0 Å². The Bertz CT molecular complexity index is 258. The fourth-order valence-electron chi connectivity index (χ4n) is 2.18. The number of aldehydes is 1. The molecule has 0 spiro atoms. The van der Waals surface area contributed by atoms with E-state index in [1.54, 1.807) is 6.08 Å². The predicted octanol–water partition coefficient (Wildman–Crippen LogP) is 3.51. The molecule has 78 valence electrons. The molecule has 1 unspecified atom stereocenters. The van der Waals surface area contributed by atoms with Crippen molar-refractivity contribution >= 4 is 6.29 Å². The molecule has 0 aromatic carbocycles. The molecule has 0 radical (unpaired) electrons. The molecule has 1 aliphatic carbocycles. The average molecular weight is 192 g/mol. The van der Waals surface area contributed by atoms with Gasteiger partial charge in [0.05, 0.1) is 0 Å². The standard InChI is InChI=1S/C13H20O/c1-11-10-13(2,3)8-7-12(11)6-4-5-9-14/h4-5,9-10,12H,6-8H2,1-3H3/b5-4+. The molecule has 0 aliphatic heterocycles. The van der Waals surface area contributed by atoms with Crippen molar-refractivity contribution in [2.24, 2.45) is 11.3 Å². The third-order valence-corrected chi connectivity index (χ3v) is 3.03. The molecule has 0 fully saturated rings. The SMILES string of the molecule is CC1=CC(C)(C)CCC1C/C=C/C=O. The van der Waals surface area contributed by atoms with Crippen molar-refractivity contribution in [3.63, 3.8) is 0 Å². The molecule has 0 aromatic heterocycles. The zero-order valence-corrected chi connectivity index (χ0v) is 9.42. The molecular weight excluding hydrogens is 172 g/mol. The van der Waals surface area contributed by atoms with Crippen LogP contribution in [0.1, 0.15) is 40.0 Å². The Morgan fingerprint density at radius 1 is 1.57 bits per heavy atom. The molecule has 1 heteroatoms. The lowest BCUT2D eigenvalue weighted by Crippen LogP contribution is -2.18. The van der Waals surface area contributed by atoms with Gasteiger partial charge in [-0.05, 0) is 43.6 Å². The van der Waals surface area contributed by atoms with Crippen LogP contribution in [0.3, 0.4) is 0 Å². The van der Waals surface area contributed by atoms with Crippen molar-refractivity contribution in [2.45, 2.75) is 40.0 Å². The van der Waals surface area contributed by atoms with Gasteiger partial charge in [-0.2, -0.15) is 0 Å². The smallest absolute Gasteiger partial charge is 0.142 e. The van der Waals surface area contributed by atoms with Gasteiger partial charge in [0.25, 0.3) is 0 Å². The maximum atomic E-state index is 10.1. The van der Waals surface area contributed by atoms with Gasteiger partial charge in [0, 0.05) is 0 Å². The molecule has 0 N–H and O–H groups in total. The maximum Gasteiger partial charge on any atom is 0.142 e. The summed E-state index contributed by atoms with van der Waals surface area (Å²) >= 11 is 0. The second-order valence-electron chi connectivity index (χ2n) is 4.91. The largest absolute Gasteiger partial charge is 0.299 e. The van der Waals surface area contributed by atoms with Gasteiger partial charge in [-0.1, -0.05) is 31.6 Å². The van der Waals surface area contributed by atoms with Gasteiger partial charge < -0.3 is 0 Å². The van der Waals surface area contributed by atoms with E-state index in [1.807, 2.05) is 6.08 Å². The summed E-state index contributed by atoms with van der Waals surface area (Å²) in [6, 6.07) is 0. The van der Waals surface area contributed by atoms with E-state index in [-0.39, 0.29) is 0 Å². The Hall–Kier alpha value is -0.850. The van der Waals surface area contributed by atoms with E-state index in [0.717, 1.165) is 12.7 Å². The first-order valence-electron chi connectivity index (χ1n) is 5.35. The highest BCUT2D eigenvalue weighted by molar-refractivity contribution is 5.64. The minimum atomic E-state index is 0.370. The van der Waals surface area contributed by atoms with Gasteiger partial charge in [-0.3, -0.25) is 4.79 Å². The second kappa shape index (κ2) is 4.59. The molecule has 1 aliphatic rings. The van der Waals surface area contributed by atoms with E-state index in [4.69, 9.17) is 0 Å². The van der Waals surface area contributed by atoms with Crippen LogP contribution in [-0.2, 0) is 4.79 Å². The lowest BCUT2D eigenvalue weighted by atomic mass is 9.74. The molecule has 0 aromatic rings. The summed E-state index contributed by atoms with van der Waals surface area (Å²) in [4.78, 5) is 10.1.